The molecule has 0 bridgehead atoms. The predicted octanol–water partition coefficient (Wildman–Crippen LogP) is 12.8. The van der Waals surface area contributed by atoms with Crippen LogP contribution in [0.4, 0.5) is 0 Å². The van der Waals surface area contributed by atoms with E-state index in [0.29, 0.717) is 0 Å². The molecule has 0 saturated carbocycles. The van der Waals surface area contributed by atoms with Crippen LogP contribution >= 0.6 is 0 Å². The number of benzene rings is 7. The number of hydrogen-bond acceptors (Lipinski definition) is 3. The summed E-state index contributed by atoms with van der Waals surface area (Å²) in [6, 6.07) is 59.1. The summed E-state index contributed by atoms with van der Waals surface area (Å²) in [4.78, 5) is 13.8. The van der Waals surface area contributed by atoms with E-state index in [9.17, 15) is 0 Å². The number of nitrogens with zero attached hydrogens (tertiary/aromatic N) is 3. The molecule has 0 saturated heterocycles. The zero-order valence-electron chi connectivity index (χ0n) is 28.2. The van der Waals surface area contributed by atoms with Crippen molar-refractivity contribution in [3.05, 3.63) is 189 Å². The van der Waals surface area contributed by atoms with Crippen LogP contribution < -0.4 is 0 Å². The molecule has 3 heteroatoms. The minimum Gasteiger partial charge on any atom is -0.264 e. The Morgan fingerprint density at radius 2 is 0.654 bits per heavy atom. The second kappa shape index (κ2) is 12.4. The molecule has 52 heavy (non-hydrogen) atoms. The van der Waals surface area contributed by atoms with Crippen molar-refractivity contribution in [2.75, 3.05) is 0 Å². The van der Waals surface area contributed by atoms with Crippen LogP contribution in [0.25, 0.3) is 99.0 Å². The Kier molecular flexibility index (Phi) is 7.14. The van der Waals surface area contributed by atoms with Crippen LogP contribution in [0.2, 0.25) is 0 Å². The van der Waals surface area contributed by atoms with Crippen LogP contribution in [0.3, 0.4) is 0 Å². The summed E-state index contributed by atoms with van der Waals surface area (Å²) in [6.07, 6.45) is 7.50. The van der Waals surface area contributed by atoms with Gasteiger partial charge in [-0.1, -0.05) is 109 Å². The molecular formula is C49H31N3. The highest BCUT2D eigenvalue weighted by Gasteiger charge is 2.12. The molecule has 0 radical (unpaired) electrons. The zero-order valence-corrected chi connectivity index (χ0v) is 28.2. The van der Waals surface area contributed by atoms with Crippen LogP contribution in [-0.4, -0.2) is 15.0 Å². The van der Waals surface area contributed by atoms with Crippen molar-refractivity contribution in [1.82, 2.24) is 15.0 Å². The molecule has 0 aliphatic carbocycles. The lowest BCUT2D eigenvalue weighted by Gasteiger charge is -2.12. The molecule has 0 aliphatic rings. The summed E-state index contributed by atoms with van der Waals surface area (Å²) in [7, 11) is 0. The van der Waals surface area contributed by atoms with E-state index in [0.717, 1.165) is 49.8 Å². The largest absolute Gasteiger partial charge is 0.264 e. The van der Waals surface area contributed by atoms with Gasteiger partial charge in [-0.15, -0.1) is 0 Å². The van der Waals surface area contributed by atoms with Gasteiger partial charge in [-0.3, -0.25) is 9.97 Å². The summed E-state index contributed by atoms with van der Waals surface area (Å²) < 4.78 is 0. The lowest BCUT2D eigenvalue weighted by molar-refractivity contribution is 1.32. The van der Waals surface area contributed by atoms with Gasteiger partial charge in [-0.05, 0) is 120 Å². The topological polar surface area (TPSA) is 38.7 Å². The van der Waals surface area contributed by atoms with Crippen LogP contribution in [-0.2, 0) is 0 Å². The van der Waals surface area contributed by atoms with Gasteiger partial charge in [0.2, 0.25) is 0 Å². The van der Waals surface area contributed by atoms with E-state index in [1.54, 1.807) is 0 Å². The SMILES string of the molecule is c1ccc2cc3cc(-c4ccc(-c5cc(-c6ccc(-c7ccc8cnccc8c7)cc6)nc(-c6ccc7cnccc7c6)c5)cc4)ccc3cc2c1. The van der Waals surface area contributed by atoms with E-state index >= 15 is 0 Å². The summed E-state index contributed by atoms with van der Waals surface area (Å²) in [5, 5.41) is 9.61. The van der Waals surface area contributed by atoms with E-state index in [1.807, 2.05) is 24.8 Å². The fraction of sp³-hybridized carbons (Fsp3) is 0. The highest BCUT2D eigenvalue weighted by atomic mass is 14.7. The van der Waals surface area contributed by atoms with Gasteiger partial charge in [0.15, 0.2) is 0 Å². The van der Waals surface area contributed by atoms with Crippen LogP contribution in [0, 0.1) is 0 Å². The summed E-state index contributed by atoms with van der Waals surface area (Å²) >= 11 is 0. The number of pyridine rings is 3. The smallest absolute Gasteiger partial charge is 0.0715 e. The highest BCUT2D eigenvalue weighted by molar-refractivity contribution is 6.00. The van der Waals surface area contributed by atoms with Crippen molar-refractivity contribution in [3.63, 3.8) is 0 Å². The van der Waals surface area contributed by atoms with Gasteiger partial charge in [0.25, 0.3) is 0 Å². The first-order valence-electron chi connectivity index (χ1n) is 17.5. The molecule has 3 nitrogen and oxygen atoms in total. The first-order chi connectivity index (χ1) is 25.7. The lowest BCUT2D eigenvalue weighted by Crippen LogP contribution is -1.92. The minimum atomic E-state index is 0.934. The molecule has 10 rings (SSSR count). The van der Waals surface area contributed by atoms with Crippen LogP contribution in [0.5, 0.6) is 0 Å². The van der Waals surface area contributed by atoms with E-state index in [4.69, 9.17) is 4.98 Å². The average molecular weight is 662 g/mol. The fourth-order valence-electron chi connectivity index (χ4n) is 7.31. The third-order valence-electron chi connectivity index (χ3n) is 10.2. The molecule has 0 aliphatic heterocycles. The van der Waals surface area contributed by atoms with E-state index in [2.05, 4.69) is 174 Å². The Bertz CT molecular complexity index is 2950. The van der Waals surface area contributed by atoms with Crippen molar-refractivity contribution in [1.29, 1.82) is 0 Å². The van der Waals surface area contributed by atoms with E-state index in [1.165, 1.54) is 49.2 Å². The number of fused-ring (bicyclic) bond motifs is 4. The summed E-state index contributed by atoms with van der Waals surface area (Å²) in [5.74, 6) is 0. The first-order valence-corrected chi connectivity index (χ1v) is 17.5. The first kappa shape index (κ1) is 29.9. The van der Waals surface area contributed by atoms with Gasteiger partial charge in [-0.25, -0.2) is 4.98 Å². The van der Waals surface area contributed by atoms with Crippen molar-refractivity contribution < 1.29 is 0 Å². The minimum absolute atomic E-state index is 0.934. The average Bonchev–Trinajstić information content (AvgIpc) is 3.22. The molecule has 242 valence electrons. The molecule has 0 amide bonds. The van der Waals surface area contributed by atoms with Gasteiger partial charge in [-0.2, -0.15) is 0 Å². The summed E-state index contributed by atoms with van der Waals surface area (Å²) in [5.41, 5.74) is 11.0. The van der Waals surface area contributed by atoms with Gasteiger partial charge >= 0.3 is 0 Å². The number of hydrogen-bond donors (Lipinski definition) is 0. The van der Waals surface area contributed by atoms with Crippen molar-refractivity contribution in [3.8, 4) is 55.9 Å². The standard InChI is InChI=1S/C49H31N3/c1-2-4-37-26-46-27-39(13-14-40(46)23-36(37)3-1)32-5-7-34(8-6-32)47-28-48(52-49(29-47)43-16-18-45-31-51-22-20-42(45)25-43)35-11-9-33(10-12-35)38-15-17-44-30-50-21-19-41(44)24-38/h1-31H. The molecule has 3 aromatic heterocycles. The molecule has 0 atom stereocenters. The Hall–Kier alpha value is -6.97. The Balaban J connectivity index is 1.03. The molecule has 0 unspecified atom stereocenters. The molecule has 10 aromatic rings. The maximum Gasteiger partial charge on any atom is 0.0715 e. The van der Waals surface area contributed by atoms with E-state index in [-0.39, 0.29) is 0 Å². The Morgan fingerprint density at radius 3 is 1.27 bits per heavy atom. The second-order valence-corrected chi connectivity index (χ2v) is 13.4. The Morgan fingerprint density at radius 1 is 0.250 bits per heavy atom. The monoisotopic (exact) mass is 661 g/mol. The third kappa shape index (κ3) is 5.55. The number of rotatable bonds is 5. The maximum atomic E-state index is 5.24. The van der Waals surface area contributed by atoms with Crippen molar-refractivity contribution in [2.24, 2.45) is 0 Å². The summed E-state index contributed by atoms with van der Waals surface area (Å²) in [6.45, 7) is 0. The zero-order chi connectivity index (χ0) is 34.4. The second-order valence-electron chi connectivity index (χ2n) is 13.4. The molecule has 3 heterocycles. The maximum absolute atomic E-state index is 5.24. The van der Waals surface area contributed by atoms with Gasteiger partial charge in [0.1, 0.15) is 0 Å². The van der Waals surface area contributed by atoms with Crippen molar-refractivity contribution >= 4 is 43.1 Å². The lowest BCUT2D eigenvalue weighted by atomic mass is 9.95. The van der Waals surface area contributed by atoms with Gasteiger partial charge < -0.3 is 0 Å². The number of aromatic nitrogens is 3. The quantitative estimate of drug-likeness (QED) is 0.172. The predicted molar refractivity (Wildman–Crippen MR) is 217 cm³/mol. The molecule has 7 aromatic carbocycles. The third-order valence-corrected chi connectivity index (χ3v) is 10.2. The van der Waals surface area contributed by atoms with E-state index < -0.39 is 0 Å². The molecule has 0 spiro atoms. The van der Waals surface area contributed by atoms with Crippen LogP contribution in [0.1, 0.15) is 0 Å². The molecule has 0 N–H and O–H groups in total. The molecular weight excluding hydrogens is 631 g/mol. The highest BCUT2D eigenvalue weighted by Crippen LogP contribution is 2.35. The normalized spacial score (nSPS) is 11.5. The fourth-order valence-corrected chi connectivity index (χ4v) is 7.31. The van der Waals surface area contributed by atoms with Gasteiger partial charge in [0.05, 0.1) is 11.4 Å². The van der Waals surface area contributed by atoms with Gasteiger partial charge in [0, 0.05) is 46.7 Å². The van der Waals surface area contributed by atoms with Crippen LogP contribution in [0.15, 0.2) is 189 Å². The molecule has 0 fully saturated rings. The Labute approximate surface area is 301 Å². The van der Waals surface area contributed by atoms with Crippen molar-refractivity contribution in [2.45, 2.75) is 0 Å².